The Kier molecular flexibility index (Phi) is 6.08. The van der Waals surface area contributed by atoms with Crippen LogP contribution in [0.3, 0.4) is 0 Å². The van der Waals surface area contributed by atoms with E-state index < -0.39 is 5.97 Å². The van der Waals surface area contributed by atoms with Crippen LogP contribution in [0.1, 0.15) is 17.3 Å². The van der Waals surface area contributed by atoms with Crippen LogP contribution in [-0.2, 0) is 9.53 Å². The molecule has 0 radical (unpaired) electrons. The summed E-state index contributed by atoms with van der Waals surface area (Å²) in [5.74, 6) is -0.473. The average molecular weight is 408 g/mol. The Morgan fingerprint density at radius 2 is 2.04 bits per heavy atom. The number of anilines is 1. The van der Waals surface area contributed by atoms with Crippen LogP contribution in [0.2, 0.25) is 5.15 Å². The molecule has 3 aromatic rings. The largest absolute Gasteiger partial charge is 0.462 e. The van der Waals surface area contributed by atoms with Crippen molar-refractivity contribution in [3.8, 4) is 0 Å². The summed E-state index contributed by atoms with van der Waals surface area (Å²) >= 11 is 8.69. The maximum Gasteiger partial charge on any atom is 0.339 e. The predicted octanol–water partition coefficient (Wildman–Crippen LogP) is 4.25. The number of hydrogen-bond acceptors (Lipinski definition) is 7. The molecular weight excluding hydrogens is 394 g/mol. The number of rotatable bonds is 6. The van der Waals surface area contributed by atoms with E-state index in [4.69, 9.17) is 16.3 Å². The number of thiophene rings is 1. The van der Waals surface area contributed by atoms with Gasteiger partial charge in [0.25, 0.3) is 0 Å². The van der Waals surface area contributed by atoms with Gasteiger partial charge in [-0.05, 0) is 19.1 Å². The maximum absolute atomic E-state index is 12.0. The van der Waals surface area contributed by atoms with Gasteiger partial charge in [0.2, 0.25) is 5.91 Å². The molecule has 0 fully saturated rings. The molecule has 1 amide bonds. The molecule has 6 nitrogen and oxygen atoms in total. The van der Waals surface area contributed by atoms with Gasteiger partial charge in [-0.1, -0.05) is 41.6 Å². The van der Waals surface area contributed by atoms with Gasteiger partial charge in [0, 0.05) is 11.1 Å². The molecule has 0 spiro atoms. The normalized spacial score (nSPS) is 10.7. The van der Waals surface area contributed by atoms with Crippen molar-refractivity contribution in [1.29, 1.82) is 0 Å². The highest BCUT2D eigenvalue weighted by molar-refractivity contribution is 7.99. The SMILES string of the molecule is CCOC(=O)c1csc2nc(SCC(=O)Nc3ccccc3)nc(Cl)c12. The summed E-state index contributed by atoms with van der Waals surface area (Å²) in [5, 5.41) is 5.47. The summed E-state index contributed by atoms with van der Waals surface area (Å²) < 4.78 is 5.01. The number of nitrogens with zero attached hydrogens (tertiary/aromatic N) is 2. The number of nitrogens with one attached hydrogen (secondary N) is 1. The molecule has 1 N–H and O–H groups in total. The van der Waals surface area contributed by atoms with Gasteiger partial charge in [-0.2, -0.15) is 0 Å². The van der Waals surface area contributed by atoms with Crippen LogP contribution < -0.4 is 5.32 Å². The Bertz CT molecular complexity index is 947. The highest BCUT2D eigenvalue weighted by atomic mass is 35.5. The standard InChI is InChI=1S/C17H14ClN3O3S2/c1-2-24-16(23)11-8-25-15-13(11)14(18)20-17(21-15)26-9-12(22)19-10-6-4-3-5-7-10/h3-8H,2,9H2,1H3,(H,19,22). The fourth-order valence-electron chi connectivity index (χ4n) is 2.15. The van der Waals surface area contributed by atoms with E-state index in [0.29, 0.717) is 20.9 Å². The topological polar surface area (TPSA) is 81.2 Å². The monoisotopic (exact) mass is 407 g/mol. The van der Waals surface area contributed by atoms with Crippen LogP contribution in [0, 0.1) is 0 Å². The smallest absolute Gasteiger partial charge is 0.339 e. The fraction of sp³-hybridized carbons (Fsp3) is 0.176. The second-order valence-electron chi connectivity index (χ2n) is 5.05. The Morgan fingerprint density at radius 1 is 1.27 bits per heavy atom. The molecular formula is C17H14ClN3O3S2. The predicted molar refractivity (Wildman–Crippen MR) is 104 cm³/mol. The molecule has 0 aliphatic rings. The van der Waals surface area contributed by atoms with E-state index in [0.717, 1.165) is 5.69 Å². The number of thioether (sulfide) groups is 1. The number of ether oxygens (including phenoxy) is 1. The van der Waals surface area contributed by atoms with E-state index in [9.17, 15) is 9.59 Å². The molecule has 0 unspecified atom stereocenters. The number of para-hydroxylation sites is 1. The van der Waals surface area contributed by atoms with Crippen LogP contribution >= 0.6 is 34.7 Å². The zero-order valence-corrected chi connectivity index (χ0v) is 16.1. The minimum absolute atomic E-state index is 0.146. The van der Waals surface area contributed by atoms with Crippen LogP contribution in [0.15, 0.2) is 40.9 Å². The molecule has 1 aromatic carbocycles. The van der Waals surface area contributed by atoms with E-state index in [1.54, 1.807) is 12.3 Å². The lowest BCUT2D eigenvalue weighted by Crippen LogP contribution is -2.14. The molecule has 0 saturated carbocycles. The summed E-state index contributed by atoms with van der Waals surface area (Å²) in [6, 6.07) is 9.19. The molecule has 2 aromatic heterocycles. The summed E-state index contributed by atoms with van der Waals surface area (Å²) in [6.45, 7) is 2.01. The van der Waals surface area contributed by atoms with E-state index in [1.807, 2.05) is 30.3 Å². The number of benzene rings is 1. The molecule has 134 valence electrons. The fourth-order valence-corrected chi connectivity index (χ4v) is 4.14. The van der Waals surface area contributed by atoms with E-state index in [1.165, 1.54) is 23.1 Å². The van der Waals surface area contributed by atoms with Crippen molar-refractivity contribution in [3.63, 3.8) is 0 Å². The third-order valence-corrected chi connectivity index (χ3v) is 5.25. The molecule has 26 heavy (non-hydrogen) atoms. The van der Waals surface area contributed by atoms with Crippen molar-refractivity contribution in [2.45, 2.75) is 12.1 Å². The number of amides is 1. The Labute approximate surface area is 162 Å². The second-order valence-corrected chi connectivity index (χ2v) is 7.21. The lowest BCUT2D eigenvalue weighted by atomic mass is 10.2. The number of fused-ring (bicyclic) bond motifs is 1. The van der Waals surface area contributed by atoms with Crippen LogP contribution in [0.25, 0.3) is 10.2 Å². The average Bonchev–Trinajstić information content (AvgIpc) is 3.06. The molecule has 0 aliphatic carbocycles. The zero-order valence-electron chi connectivity index (χ0n) is 13.7. The number of hydrogen-bond donors (Lipinski definition) is 1. The Balaban J connectivity index is 1.71. The number of halogens is 1. The van der Waals surface area contributed by atoms with Crippen molar-refractivity contribution in [3.05, 3.63) is 46.4 Å². The first-order valence-corrected chi connectivity index (χ1v) is 9.92. The molecule has 3 rings (SSSR count). The van der Waals surface area contributed by atoms with Gasteiger partial charge in [0.05, 0.1) is 23.3 Å². The molecule has 0 atom stereocenters. The maximum atomic E-state index is 12.0. The van der Waals surface area contributed by atoms with Gasteiger partial charge in [-0.25, -0.2) is 14.8 Å². The van der Waals surface area contributed by atoms with Gasteiger partial charge >= 0.3 is 5.97 Å². The van der Waals surface area contributed by atoms with Crippen LogP contribution in [0.4, 0.5) is 5.69 Å². The van der Waals surface area contributed by atoms with Crippen molar-refractivity contribution in [1.82, 2.24) is 9.97 Å². The first-order valence-electron chi connectivity index (χ1n) is 7.68. The summed E-state index contributed by atoms with van der Waals surface area (Å²) in [7, 11) is 0. The first-order chi connectivity index (χ1) is 12.6. The highest BCUT2D eigenvalue weighted by Gasteiger charge is 2.19. The Morgan fingerprint density at radius 3 is 2.77 bits per heavy atom. The van der Waals surface area contributed by atoms with Crippen LogP contribution in [0.5, 0.6) is 0 Å². The molecule has 0 saturated heterocycles. The summed E-state index contributed by atoms with van der Waals surface area (Å²) in [6.07, 6.45) is 0. The quantitative estimate of drug-likeness (QED) is 0.284. The third kappa shape index (κ3) is 4.32. The highest BCUT2D eigenvalue weighted by Crippen LogP contribution is 2.32. The molecule has 9 heteroatoms. The number of esters is 1. The van der Waals surface area contributed by atoms with Gasteiger partial charge in [0.1, 0.15) is 9.98 Å². The van der Waals surface area contributed by atoms with Gasteiger partial charge < -0.3 is 10.1 Å². The molecule has 2 heterocycles. The summed E-state index contributed by atoms with van der Waals surface area (Å²) in [4.78, 5) is 33.1. The minimum Gasteiger partial charge on any atom is -0.462 e. The van der Waals surface area contributed by atoms with Crippen molar-refractivity contribution in [2.75, 3.05) is 17.7 Å². The van der Waals surface area contributed by atoms with E-state index >= 15 is 0 Å². The first kappa shape index (κ1) is 18.6. The van der Waals surface area contributed by atoms with E-state index in [-0.39, 0.29) is 23.4 Å². The van der Waals surface area contributed by atoms with Crippen LogP contribution in [-0.4, -0.2) is 34.2 Å². The van der Waals surface area contributed by atoms with Crippen molar-refractivity contribution < 1.29 is 14.3 Å². The van der Waals surface area contributed by atoms with E-state index in [2.05, 4.69) is 15.3 Å². The number of carbonyl (C=O) groups is 2. The Hall–Kier alpha value is -2.16. The molecule has 0 aliphatic heterocycles. The molecule has 0 bridgehead atoms. The summed E-state index contributed by atoms with van der Waals surface area (Å²) in [5.41, 5.74) is 1.08. The number of carbonyl (C=O) groups excluding carboxylic acids is 2. The van der Waals surface area contributed by atoms with Gasteiger partial charge in [-0.3, -0.25) is 4.79 Å². The number of aromatic nitrogens is 2. The van der Waals surface area contributed by atoms with Gasteiger partial charge in [0.15, 0.2) is 5.16 Å². The second kappa shape index (κ2) is 8.48. The lowest BCUT2D eigenvalue weighted by molar-refractivity contribution is -0.113. The van der Waals surface area contributed by atoms with Crippen molar-refractivity contribution >= 4 is 62.5 Å². The third-order valence-electron chi connectivity index (χ3n) is 3.25. The minimum atomic E-state index is -0.452. The zero-order chi connectivity index (χ0) is 18.5. The lowest BCUT2D eigenvalue weighted by Gasteiger charge is -2.05. The van der Waals surface area contributed by atoms with Gasteiger partial charge in [-0.15, -0.1) is 11.3 Å². The van der Waals surface area contributed by atoms with Crippen molar-refractivity contribution in [2.24, 2.45) is 0 Å².